The number of rotatable bonds is 8. The molecule has 0 aromatic heterocycles. The van der Waals surface area contributed by atoms with Crippen molar-refractivity contribution in [2.75, 3.05) is 20.0 Å². The zero-order chi connectivity index (χ0) is 15.1. The molecule has 7 nitrogen and oxygen atoms in total. The molecule has 0 saturated heterocycles. The topological polar surface area (TPSA) is 98.8 Å². The second-order valence-corrected chi connectivity index (χ2v) is 6.34. The van der Waals surface area contributed by atoms with Gasteiger partial charge in [-0.1, -0.05) is 13.8 Å². The van der Waals surface area contributed by atoms with E-state index in [1.807, 2.05) is 13.8 Å². The number of esters is 2. The zero-order valence-corrected chi connectivity index (χ0v) is 12.5. The van der Waals surface area contributed by atoms with Gasteiger partial charge in [0, 0.05) is 0 Å². The van der Waals surface area contributed by atoms with E-state index in [0.29, 0.717) is 6.42 Å². The maximum Gasteiger partial charge on any atom is 0.323 e. The largest absolute Gasteiger partial charge is 0.469 e. The predicted molar refractivity (Wildman–Crippen MR) is 68.8 cm³/mol. The quantitative estimate of drug-likeness (QED) is 0.636. The Bertz CT molecular complexity index is 403. The standard InChI is InChI=1S/C11H21NO6S/c1-8(2)7-9(11(14)18-4)12-19(15,16)6-5-10(13)17-3/h8-9,12H,5-7H2,1-4H3. The highest BCUT2D eigenvalue weighted by Crippen LogP contribution is 2.08. The number of sulfonamides is 1. The monoisotopic (exact) mass is 295 g/mol. The summed E-state index contributed by atoms with van der Waals surface area (Å²) in [5.41, 5.74) is 0. The highest BCUT2D eigenvalue weighted by atomic mass is 32.2. The van der Waals surface area contributed by atoms with Gasteiger partial charge >= 0.3 is 11.9 Å². The first kappa shape index (κ1) is 17.8. The number of carbonyl (C=O) groups is 2. The summed E-state index contributed by atoms with van der Waals surface area (Å²) in [4.78, 5) is 22.4. The first-order chi connectivity index (χ1) is 8.71. The third kappa shape index (κ3) is 7.78. The molecule has 1 N–H and O–H groups in total. The fourth-order valence-electron chi connectivity index (χ4n) is 1.40. The first-order valence-electron chi connectivity index (χ1n) is 5.86. The van der Waals surface area contributed by atoms with Crippen LogP contribution in [0.25, 0.3) is 0 Å². The number of nitrogens with one attached hydrogen (secondary N) is 1. The SMILES string of the molecule is COC(=O)CCS(=O)(=O)NC(CC(C)C)C(=O)OC. The van der Waals surface area contributed by atoms with Gasteiger partial charge in [0.1, 0.15) is 6.04 Å². The maximum absolute atomic E-state index is 11.7. The summed E-state index contributed by atoms with van der Waals surface area (Å²) < 4.78 is 34.6. The van der Waals surface area contributed by atoms with Crippen molar-refractivity contribution >= 4 is 22.0 Å². The van der Waals surface area contributed by atoms with E-state index in [1.165, 1.54) is 14.2 Å². The Kier molecular flexibility index (Phi) is 7.62. The third-order valence-corrected chi connectivity index (χ3v) is 3.70. The van der Waals surface area contributed by atoms with Crippen LogP contribution in [0.5, 0.6) is 0 Å². The molecule has 1 atom stereocenters. The molecule has 0 radical (unpaired) electrons. The molecule has 0 aromatic carbocycles. The molecule has 8 heteroatoms. The Morgan fingerprint density at radius 1 is 1.16 bits per heavy atom. The van der Waals surface area contributed by atoms with E-state index in [4.69, 9.17) is 0 Å². The van der Waals surface area contributed by atoms with Crippen LogP contribution >= 0.6 is 0 Å². The molecule has 0 heterocycles. The molecule has 0 bridgehead atoms. The van der Waals surface area contributed by atoms with E-state index in [0.717, 1.165) is 0 Å². The van der Waals surface area contributed by atoms with E-state index >= 15 is 0 Å². The van der Waals surface area contributed by atoms with E-state index < -0.39 is 33.8 Å². The number of carbonyl (C=O) groups excluding carboxylic acids is 2. The molecular weight excluding hydrogens is 274 g/mol. The second kappa shape index (κ2) is 8.11. The Labute approximate surface area is 113 Å². The lowest BCUT2D eigenvalue weighted by atomic mass is 10.1. The highest BCUT2D eigenvalue weighted by Gasteiger charge is 2.26. The van der Waals surface area contributed by atoms with E-state index in [1.54, 1.807) is 0 Å². The van der Waals surface area contributed by atoms with E-state index in [-0.39, 0.29) is 12.3 Å². The Balaban J connectivity index is 4.63. The van der Waals surface area contributed by atoms with Crippen LogP contribution in [0, 0.1) is 5.92 Å². The van der Waals surface area contributed by atoms with Crippen molar-refractivity contribution in [1.29, 1.82) is 0 Å². The van der Waals surface area contributed by atoms with Crippen LogP contribution in [0.15, 0.2) is 0 Å². The fourth-order valence-corrected chi connectivity index (χ4v) is 2.58. The van der Waals surface area contributed by atoms with E-state index in [9.17, 15) is 18.0 Å². The minimum absolute atomic E-state index is 0.118. The van der Waals surface area contributed by atoms with Gasteiger partial charge in [-0.2, -0.15) is 0 Å². The first-order valence-corrected chi connectivity index (χ1v) is 7.51. The van der Waals surface area contributed by atoms with Gasteiger partial charge in [-0.3, -0.25) is 9.59 Å². The lowest BCUT2D eigenvalue weighted by molar-refractivity contribution is -0.143. The molecule has 0 aliphatic heterocycles. The van der Waals surface area contributed by atoms with Crippen LogP contribution in [0.4, 0.5) is 0 Å². The molecule has 19 heavy (non-hydrogen) atoms. The van der Waals surface area contributed by atoms with E-state index in [2.05, 4.69) is 14.2 Å². The van der Waals surface area contributed by atoms with Crippen LogP contribution < -0.4 is 4.72 Å². The fraction of sp³-hybridized carbons (Fsp3) is 0.818. The van der Waals surface area contributed by atoms with Crippen LogP contribution in [0.3, 0.4) is 0 Å². The lowest BCUT2D eigenvalue weighted by Gasteiger charge is -2.18. The average molecular weight is 295 g/mol. The summed E-state index contributed by atoms with van der Waals surface area (Å²) in [6.07, 6.45) is 0.0610. The summed E-state index contributed by atoms with van der Waals surface area (Å²) in [7, 11) is -1.37. The summed E-state index contributed by atoms with van der Waals surface area (Å²) in [5, 5.41) is 0. The molecule has 0 fully saturated rings. The van der Waals surface area contributed by atoms with Gasteiger partial charge in [-0.15, -0.1) is 0 Å². The molecule has 0 amide bonds. The van der Waals surface area contributed by atoms with Crippen LogP contribution in [-0.2, 0) is 29.1 Å². The molecule has 0 rings (SSSR count). The van der Waals surface area contributed by atoms with Gasteiger partial charge in [0.05, 0.1) is 26.4 Å². The van der Waals surface area contributed by atoms with Crippen molar-refractivity contribution in [3.05, 3.63) is 0 Å². The van der Waals surface area contributed by atoms with Gasteiger partial charge in [0.15, 0.2) is 0 Å². The van der Waals surface area contributed by atoms with Crippen LogP contribution in [0.2, 0.25) is 0 Å². The molecule has 0 aliphatic rings. The van der Waals surface area contributed by atoms with Crippen LogP contribution in [-0.4, -0.2) is 46.4 Å². The van der Waals surface area contributed by atoms with Crippen molar-refractivity contribution in [3.8, 4) is 0 Å². The zero-order valence-electron chi connectivity index (χ0n) is 11.6. The van der Waals surface area contributed by atoms with Crippen molar-refractivity contribution in [2.45, 2.75) is 32.7 Å². The number of hydrogen-bond donors (Lipinski definition) is 1. The van der Waals surface area contributed by atoms with Crippen molar-refractivity contribution < 1.29 is 27.5 Å². The number of ether oxygens (including phenoxy) is 2. The molecule has 1 unspecified atom stereocenters. The average Bonchev–Trinajstić information content (AvgIpc) is 2.33. The van der Waals surface area contributed by atoms with Gasteiger partial charge in [-0.25, -0.2) is 13.1 Å². The van der Waals surface area contributed by atoms with Gasteiger partial charge in [0.2, 0.25) is 10.0 Å². The molecule has 0 aromatic rings. The summed E-state index contributed by atoms with van der Waals surface area (Å²) >= 11 is 0. The van der Waals surface area contributed by atoms with Crippen LogP contribution in [0.1, 0.15) is 26.7 Å². The Morgan fingerprint density at radius 2 is 1.74 bits per heavy atom. The molecule has 0 spiro atoms. The van der Waals surface area contributed by atoms with Gasteiger partial charge < -0.3 is 9.47 Å². The second-order valence-electron chi connectivity index (χ2n) is 4.47. The normalized spacial score (nSPS) is 13.1. The number of methoxy groups -OCH3 is 2. The lowest BCUT2D eigenvalue weighted by Crippen LogP contribution is -2.43. The van der Waals surface area contributed by atoms with Crippen molar-refractivity contribution in [3.63, 3.8) is 0 Å². The highest BCUT2D eigenvalue weighted by molar-refractivity contribution is 7.89. The third-order valence-electron chi connectivity index (χ3n) is 2.32. The summed E-state index contributed by atoms with van der Waals surface area (Å²) in [5.74, 6) is -1.57. The Hall–Kier alpha value is -1.15. The van der Waals surface area contributed by atoms with Gasteiger partial charge in [0.25, 0.3) is 0 Å². The molecule has 112 valence electrons. The Morgan fingerprint density at radius 3 is 2.16 bits per heavy atom. The minimum atomic E-state index is -3.74. The molecule has 0 aliphatic carbocycles. The van der Waals surface area contributed by atoms with Gasteiger partial charge in [-0.05, 0) is 12.3 Å². The summed E-state index contributed by atoms with van der Waals surface area (Å²) in [6.45, 7) is 3.72. The molecular formula is C11H21NO6S. The van der Waals surface area contributed by atoms with Crippen molar-refractivity contribution in [2.24, 2.45) is 5.92 Å². The van der Waals surface area contributed by atoms with Crippen molar-refractivity contribution in [1.82, 2.24) is 4.72 Å². The molecule has 0 saturated carbocycles. The minimum Gasteiger partial charge on any atom is -0.469 e. The number of hydrogen-bond acceptors (Lipinski definition) is 6. The smallest absolute Gasteiger partial charge is 0.323 e. The maximum atomic E-state index is 11.7. The predicted octanol–water partition coefficient (Wildman–Crippen LogP) is 0.0566. The summed E-state index contributed by atoms with van der Waals surface area (Å²) in [6, 6.07) is -0.937.